The van der Waals surface area contributed by atoms with Crippen LogP contribution >= 0.6 is 0 Å². The molecule has 0 spiro atoms. The van der Waals surface area contributed by atoms with Crippen molar-refractivity contribution in [3.8, 4) is 0 Å². The standard InChI is InChI=1S/C11H19N3O/c1-8(6-12-2)13-7-10-5-11(15-14-10)9-3-4-9/h5,8-9,12-13H,3-4,6-7H2,1-2H3. The molecule has 84 valence electrons. The number of rotatable bonds is 6. The molecule has 0 radical (unpaired) electrons. The Morgan fingerprint density at radius 3 is 3.07 bits per heavy atom. The van der Waals surface area contributed by atoms with Crippen LogP contribution in [0.5, 0.6) is 0 Å². The summed E-state index contributed by atoms with van der Waals surface area (Å²) >= 11 is 0. The van der Waals surface area contributed by atoms with Crippen molar-refractivity contribution >= 4 is 0 Å². The molecule has 1 saturated carbocycles. The van der Waals surface area contributed by atoms with Crippen molar-refractivity contribution in [3.63, 3.8) is 0 Å². The average molecular weight is 209 g/mol. The van der Waals surface area contributed by atoms with E-state index in [0.717, 1.165) is 24.5 Å². The summed E-state index contributed by atoms with van der Waals surface area (Å²) < 4.78 is 5.28. The van der Waals surface area contributed by atoms with Gasteiger partial charge in [-0.2, -0.15) is 0 Å². The molecule has 0 aromatic carbocycles. The summed E-state index contributed by atoms with van der Waals surface area (Å²) in [6.45, 7) is 3.91. The first-order valence-electron chi connectivity index (χ1n) is 5.63. The summed E-state index contributed by atoms with van der Waals surface area (Å²) in [5.74, 6) is 1.72. The Morgan fingerprint density at radius 1 is 1.60 bits per heavy atom. The van der Waals surface area contributed by atoms with E-state index in [1.54, 1.807) is 0 Å². The maximum atomic E-state index is 5.28. The van der Waals surface area contributed by atoms with Crippen molar-refractivity contribution in [3.05, 3.63) is 17.5 Å². The predicted octanol–water partition coefficient (Wildman–Crippen LogP) is 1.25. The smallest absolute Gasteiger partial charge is 0.140 e. The highest BCUT2D eigenvalue weighted by Gasteiger charge is 2.27. The lowest BCUT2D eigenvalue weighted by Gasteiger charge is -2.10. The molecule has 2 rings (SSSR count). The van der Waals surface area contributed by atoms with E-state index < -0.39 is 0 Å². The van der Waals surface area contributed by atoms with Crippen molar-refractivity contribution in [2.45, 2.75) is 38.3 Å². The van der Waals surface area contributed by atoms with Gasteiger partial charge in [0.25, 0.3) is 0 Å². The maximum absolute atomic E-state index is 5.28. The molecule has 1 heterocycles. The Balaban J connectivity index is 1.77. The zero-order valence-corrected chi connectivity index (χ0v) is 9.42. The molecule has 1 aromatic heterocycles. The lowest BCUT2D eigenvalue weighted by molar-refractivity contribution is 0.374. The normalized spacial score (nSPS) is 18.0. The zero-order valence-electron chi connectivity index (χ0n) is 9.42. The quantitative estimate of drug-likeness (QED) is 0.740. The van der Waals surface area contributed by atoms with Crippen molar-refractivity contribution in [1.82, 2.24) is 15.8 Å². The Kier molecular flexibility index (Phi) is 3.38. The van der Waals surface area contributed by atoms with Crippen molar-refractivity contribution in [2.75, 3.05) is 13.6 Å². The molecule has 2 N–H and O–H groups in total. The molecule has 1 unspecified atom stereocenters. The van der Waals surface area contributed by atoms with Gasteiger partial charge in [-0.25, -0.2) is 0 Å². The minimum atomic E-state index is 0.455. The molecule has 1 fully saturated rings. The predicted molar refractivity (Wildman–Crippen MR) is 58.7 cm³/mol. The van der Waals surface area contributed by atoms with Crippen molar-refractivity contribution in [2.24, 2.45) is 0 Å². The Morgan fingerprint density at radius 2 is 2.40 bits per heavy atom. The molecule has 0 aliphatic heterocycles. The number of nitrogens with one attached hydrogen (secondary N) is 2. The molecule has 15 heavy (non-hydrogen) atoms. The first kappa shape index (κ1) is 10.6. The zero-order chi connectivity index (χ0) is 10.7. The largest absolute Gasteiger partial charge is 0.361 e. The van der Waals surface area contributed by atoms with E-state index in [4.69, 9.17) is 4.52 Å². The number of likely N-dealkylation sites (N-methyl/N-ethyl adjacent to an activating group) is 1. The van der Waals surface area contributed by atoms with Gasteiger partial charge in [0.2, 0.25) is 0 Å². The lowest BCUT2D eigenvalue weighted by Crippen LogP contribution is -2.34. The van der Waals surface area contributed by atoms with Gasteiger partial charge in [0, 0.05) is 31.1 Å². The van der Waals surface area contributed by atoms with Crippen LogP contribution in [0, 0.1) is 0 Å². The van der Waals surface area contributed by atoms with Gasteiger partial charge in [0.05, 0.1) is 5.69 Å². The van der Waals surface area contributed by atoms with E-state index in [9.17, 15) is 0 Å². The van der Waals surface area contributed by atoms with Crippen LogP contribution in [0.2, 0.25) is 0 Å². The Hall–Kier alpha value is -0.870. The summed E-state index contributed by atoms with van der Waals surface area (Å²) in [5, 5.41) is 10.6. The Labute approximate surface area is 90.4 Å². The Bertz CT molecular complexity index is 307. The molecule has 4 nitrogen and oxygen atoms in total. The van der Waals surface area contributed by atoms with E-state index in [0.29, 0.717) is 12.0 Å². The summed E-state index contributed by atoms with van der Waals surface area (Å²) in [6, 6.07) is 2.53. The third kappa shape index (κ3) is 3.04. The topological polar surface area (TPSA) is 50.1 Å². The molecule has 0 bridgehead atoms. The first-order valence-corrected chi connectivity index (χ1v) is 5.63. The minimum Gasteiger partial charge on any atom is -0.361 e. The second-order valence-corrected chi connectivity index (χ2v) is 4.33. The number of nitrogens with zero attached hydrogens (tertiary/aromatic N) is 1. The van der Waals surface area contributed by atoms with Gasteiger partial charge in [-0.05, 0) is 26.8 Å². The highest BCUT2D eigenvalue weighted by atomic mass is 16.5. The fourth-order valence-electron chi connectivity index (χ4n) is 1.63. The molecular weight excluding hydrogens is 190 g/mol. The first-order chi connectivity index (χ1) is 7.29. The molecular formula is C11H19N3O. The summed E-state index contributed by atoms with van der Waals surface area (Å²) in [7, 11) is 1.96. The molecule has 1 aliphatic carbocycles. The van der Waals surface area contributed by atoms with Gasteiger partial charge in [0.15, 0.2) is 0 Å². The van der Waals surface area contributed by atoms with Crippen molar-refractivity contribution in [1.29, 1.82) is 0 Å². The van der Waals surface area contributed by atoms with Crippen LogP contribution in [0.1, 0.15) is 37.1 Å². The van der Waals surface area contributed by atoms with E-state index in [-0.39, 0.29) is 0 Å². The molecule has 1 atom stereocenters. The molecule has 0 saturated heterocycles. The van der Waals surface area contributed by atoms with Gasteiger partial charge < -0.3 is 15.2 Å². The summed E-state index contributed by atoms with van der Waals surface area (Å²) in [6.07, 6.45) is 2.52. The minimum absolute atomic E-state index is 0.455. The van der Waals surface area contributed by atoms with E-state index in [2.05, 4.69) is 28.8 Å². The lowest BCUT2D eigenvalue weighted by atomic mass is 10.2. The van der Waals surface area contributed by atoms with Crippen LogP contribution in [-0.4, -0.2) is 24.8 Å². The van der Waals surface area contributed by atoms with Crippen molar-refractivity contribution < 1.29 is 4.52 Å². The number of aromatic nitrogens is 1. The summed E-state index contributed by atoms with van der Waals surface area (Å²) in [5.41, 5.74) is 1.01. The van der Waals surface area contributed by atoms with E-state index in [1.807, 2.05) is 7.05 Å². The number of hydrogen-bond acceptors (Lipinski definition) is 4. The van der Waals surface area contributed by atoms with Gasteiger partial charge in [0.1, 0.15) is 5.76 Å². The average Bonchev–Trinajstić information content (AvgIpc) is 2.96. The van der Waals surface area contributed by atoms with E-state index in [1.165, 1.54) is 12.8 Å². The fourth-order valence-corrected chi connectivity index (χ4v) is 1.63. The second kappa shape index (κ2) is 4.77. The van der Waals surface area contributed by atoms with Gasteiger partial charge in [-0.1, -0.05) is 5.16 Å². The van der Waals surface area contributed by atoms with E-state index >= 15 is 0 Å². The monoisotopic (exact) mass is 209 g/mol. The SMILES string of the molecule is CNCC(C)NCc1cc(C2CC2)on1. The van der Waals surface area contributed by atoms with Crippen LogP contribution in [0.4, 0.5) is 0 Å². The van der Waals surface area contributed by atoms with Crippen LogP contribution < -0.4 is 10.6 Å². The highest BCUT2D eigenvalue weighted by molar-refractivity contribution is 5.14. The fraction of sp³-hybridized carbons (Fsp3) is 0.727. The van der Waals surface area contributed by atoms with Gasteiger partial charge >= 0.3 is 0 Å². The maximum Gasteiger partial charge on any atom is 0.140 e. The van der Waals surface area contributed by atoms with Gasteiger partial charge in [-0.15, -0.1) is 0 Å². The van der Waals surface area contributed by atoms with Crippen LogP contribution in [-0.2, 0) is 6.54 Å². The summed E-state index contributed by atoms with van der Waals surface area (Å²) in [4.78, 5) is 0. The third-order valence-electron chi connectivity index (χ3n) is 2.70. The van der Waals surface area contributed by atoms with Crippen LogP contribution in [0.3, 0.4) is 0 Å². The third-order valence-corrected chi connectivity index (χ3v) is 2.70. The highest BCUT2D eigenvalue weighted by Crippen LogP contribution is 2.40. The molecule has 4 heteroatoms. The number of hydrogen-bond donors (Lipinski definition) is 2. The van der Waals surface area contributed by atoms with Gasteiger partial charge in [-0.3, -0.25) is 0 Å². The molecule has 1 aromatic rings. The van der Waals surface area contributed by atoms with Crippen LogP contribution in [0.15, 0.2) is 10.6 Å². The second-order valence-electron chi connectivity index (χ2n) is 4.33. The molecule has 0 amide bonds. The van der Waals surface area contributed by atoms with Crippen LogP contribution in [0.25, 0.3) is 0 Å². The molecule has 1 aliphatic rings.